The molecular formula is C16H21ClN4. The highest BCUT2D eigenvalue weighted by atomic mass is 35.5. The molecule has 0 saturated carbocycles. The molecular weight excluding hydrogens is 284 g/mol. The largest absolute Gasteiger partial charge is 0.352 e. The molecule has 1 atom stereocenters. The van der Waals surface area contributed by atoms with Crippen LogP contribution in [0.4, 0.5) is 5.82 Å². The molecule has 112 valence electrons. The lowest BCUT2D eigenvalue weighted by atomic mass is 10.1. The Morgan fingerprint density at radius 1 is 1.10 bits per heavy atom. The van der Waals surface area contributed by atoms with Crippen LogP contribution in [0.1, 0.15) is 20.3 Å². The van der Waals surface area contributed by atoms with Gasteiger partial charge in [0, 0.05) is 43.0 Å². The van der Waals surface area contributed by atoms with Crippen LogP contribution in [0.2, 0.25) is 5.15 Å². The molecule has 1 fully saturated rings. The molecule has 0 bridgehead atoms. The third kappa shape index (κ3) is 2.83. The van der Waals surface area contributed by atoms with Crippen molar-refractivity contribution in [3.63, 3.8) is 0 Å². The molecule has 2 aromatic rings. The van der Waals surface area contributed by atoms with Gasteiger partial charge in [-0.2, -0.15) is 0 Å². The third-order valence-electron chi connectivity index (χ3n) is 4.45. The van der Waals surface area contributed by atoms with E-state index in [-0.39, 0.29) is 0 Å². The molecule has 5 heteroatoms. The molecule has 0 amide bonds. The van der Waals surface area contributed by atoms with Crippen molar-refractivity contribution in [3.05, 3.63) is 29.4 Å². The Kier molecular flexibility index (Phi) is 4.27. The average Bonchev–Trinajstić information content (AvgIpc) is 2.55. The number of halogens is 1. The third-order valence-corrected chi connectivity index (χ3v) is 4.73. The number of hydrogen-bond acceptors (Lipinski definition) is 4. The summed E-state index contributed by atoms with van der Waals surface area (Å²) in [6.07, 6.45) is 1.20. The predicted molar refractivity (Wildman–Crippen MR) is 88.1 cm³/mol. The summed E-state index contributed by atoms with van der Waals surface area (Å²) in [5, 5.41) is 11.0. The van der Waals surface area contributed by atoms with Crippen LogP contribution >= 0.6 is 11.6 Å². The zero-order valence-electron chi connectivity index (χ0n) is 12.6. The molecule has 1 aliphatic rings. The first-order chi connectivity index (χ1) is 10.2. The number of aromatic nitrogens is 2. The van der Waals surface area contributed by atoms with Crippen molar-refractivity contribution in [2.45, 2.75) is 26.3 Å². The van der Waals surface area contributed by atoms with E-state index in [2.05, 4.69) is 39.9 Å². The first-order valence-electron chi connectivity index (χ1n) is 7.60. The van der Waals surface area contributed by atoms with Crippen LogP contribution in [0.5, 0.6) is 0 Å². The average molecular weight is 305 g/mol. The minimum absolute atomic E-state index is 0.479. The molecule has 2 heterocycles. The van der Waals surface area contributed by atoms with Crippen LogP contribution in [0.25, 0.3) is 10.8 Å². The van der Waals surface area contributed by atoms with Gasteiger partial charge in [-0.25, -0.2) is 0 Å². The lowest BCUT2D eigenvalue weighted by Gasteiger charge is -2.38. The number of benzene rings is 1. The second kappa shape index (κ2) is 6.16. The van der Waals surface area contributed by atoms with E-state index in [1.54, 1.807) is 0 Å². The van der Waals surface area contributed by atoms with Gasteiger partial charge in [0.1, 0.15) is 0 Å². The van der Waals surface area contributed by atoms with Crippen molar-refractivity contribution in [3.8, 4) is 0 Å². The fourth-order valence-corrected chi connectivity index (χ4v) is 3.13. The molecule has 0 aliphatic carbocycles. The second-order valence-electron chi connectivity index (χ2n) is 5.64. The Morgan fingerprint density at radius 2 is 1.76 bits per heavy atom. The number of rotatable bonds is 3. The van der Waals surface area contributed by atoms with Crippen molar-refractivity contribution < 1.29 is 0 Å². The van der Waals surface area contributed by atoms with Crippen LogP contribution in [-0.2, 0) is 0 Å². The van der Waals surface area contributed by atoms with Crippen molar-refractivity contribution in [1.29, 1.82) is 0 Å². The molecule has 3 rings (SSSR count). The predicted octanol–water partition coefficient (Wildman–Crippen LogP) is 3.20. The minimum atomic E-state index is 0.479. The van der Waals surface area contributed by atoms with Crippen LogP contribution in [0.3, 0.4) is 0 Å². The van der Waals surface area contributed by atoms with Crippen LogP contribution in [0, 0.1) is 0 Å². The van der Waals surface area contributed by atoms with Crippen molar-refractivity contribution in [1.82, 2.24) is 15.1 Å². The van der Waals surface area contributed by atoms with Gasteiger partial charge in [0.15, 0.2) is 11.0 Å². The van der Waals surface area contributed by atoms with Crippen molar-refractivity contribution in [2.75, 3.05) is 31.1 Å². The standard InChI is InChI=1S/C16H21ClN4/c1-3-12(2)20-8-10-21(11-9-20)16-14-7-5-4-6-13(14)15(17)18-19-16/h4-7,12H,3,8-11H2,1-2H3. The van der Waals surface area contributed by atoms with E-state index in [0.29, 0.717) is 11.2 Å². The van der Waals surface area contributed by atoms with Crippen molar-refractivity contribution in [2.24, 2.45) is 0 Å². The summed E-state index contributed by atoms with van der Waals surface area (Å²) in [4.78, 5) is 4.87. The highest BCUT2D eigenvalue weighted by molar-refractivity contribution is 6.34. The summed E-state index contributed by atoms with van der Waals surface area (Å²) in [5.74, 6) is 0.957. The Labute approximate surface area is 130 Å². The number of hydrogen-bond donors (Lipinski definition) is 0. The summed E-state index contributed by atoms with van der Waals surface area (Å²) in [6, 6.07) is 8.75. The van der Waals surface area contributed by atoms with Gasteiger partial charge in [0.05, 0.1) is 0 Å². The number of fused-ring (bicyclic) bond motifs is 1. The van der Waals surface area contributed by atoms with E-state index in [0.717, 1.165) is 42.8 Å². The maximum absolute atomic E-state index is 6.15. The zero-order valence-corrected chi connectivity index (χ0v) is 13.3. The van der Waals surface area contributed by atoms with Crippen LogP contribution in [0.15, 0.2) is 24.3 Å². The van der Waals surface area contributed by atoms with E-state index >= 15 is 0 Å². The summed E-state index contributed by atoms with van der Waals surface area (Å²) in [7, 11) is 0. The molecule has 1 unspecified atom stereocenters. The maximum Gasteiger partial charge on any atom is 0.159 e. The fourth-order valence-electron chi connectivity index (χ4n) is 2.92. The Balaban J connectivity index is 1.85. The summed E-state index contributed by atoms with van der Waals surface area (Å²) in [6.45, 7) is 8.68. The topological polar surface area (TPSA) is 32.3 Å². The molecule has 0 radical (unpaired) electrons. The molecule has 0 N–H and O–H groups in total. The van der Waals surface area contributed by atoms with E-state index in [9.17, 15) is 0 Å². The van der Waals surface area contributed by atoms with E-state index in [4.69, 9.17) is 11.6 Å². The fraction of sp³-hybridized carbons (Fsp3) is 0.500. The smallest absolute Gasteiger partial charge is 0.159 e. The molecule has 21 heavy (non-hydrogen) atoms. The lowest BCUT2D eigenvalue weighted by molar-refractivity contribution is 0.192. The summed E-state index contributed by atoms with van der Waals surface area (Å²) < 4.78 is 0. The summed E-state index contributed by atoms with van der Waals surface area (Å²) >= 11 is 6.15. The minimum Gasteiger partial charge on any atom is -0.352 e. The van der Waals surface area contributed by atoms with Gasteiger partial charge in [-0.15, -0.1) is 10.2 Å². The highest BCUT2D eigenvalue weighted by Crippen LogP contribution is 2.28. The van der Waals surface area contributed by atoms with Crippen LogP contribution < -0.4 is 4.90 Å². The van der Waals surface area contributed by atoms with Gasteiger partial charge in [0.25, 0.3) is 0 Å². The van der Waals surface area contributed by atoms with Crippen molar-refractivity contribution >= 4 is 28.2 Å². The van der Waals surface area contributed by atoms with Crippen LogP contribution in [-0.4, -0.2) is 47.3 Å². The van der Waals surface area contributed by atoms with E-state index in [1.165, 1.54) is 6.42 Å². The van der Waals surface area contributed by atoms with Gasteiger partial charge >= 0.3 is 0 Å². The highest BCUT2D eigenvalue weighted by Gasteiger charge is 2.22. The monoisotopic (exact) mass is 304 g/mol. The first-order valence-corrected chi connectivity index (χ1v) is 7.98. The molecule has 1 aromatic heterocycles. The Bertz CT molecular complexity index is 623. The van der Waals surface area contributed by atoms with Gasteiger partial charge < -0.3 is 4.90 Å². The summed E-state index contributed by atoms with van der Waals surface area (Å²) in [5.41, 5.74) is 0. The number of anilines is 1. The quantitative estimate of drug-likeness (QED) is 0.871. The van der Waals surface area contributed by atoms with Gasteiger partial charge in [0.2, 0.25) is 0 Å². The molecule has 1 saturated heterocycles. The SMILES string of the molecule is CCC(C)N1CCN(c2nnc(Cl)c3ccccc23)CC1. The molecule has 0 spiro atoms. The number of nitrogens with zero attached hydrogens (tertiary/aromatic N) is 4. The Hall–Kier alpha value is -1.39. The van der Waals surface area contributed by atoms with E-state index < -0.39 is 0 Å². The molecule has 1 aliphatic heterocycles. The van der Waals surface area contributed by atoms with Gasteiger partial charge in [-0.05, 0) is 13.3 Å². The van der Waals surface area contributed by atoms with Gasteiger partial charge in [-0.3, -0.25) is 4.90 Å². The normalized spacial score (nSPS) is 18.1. The second-order valence-corrected chi connectivity index (χ2v) is 6.00. The Morgan fingerprint density at radius 3 is 2.43 bits per heavy atom. The van der Waals surface area contributed by atoms with E-state index in [1.807, 2.05) is 18.2 Å². The van der Waals surface area contributed by atoms with Gasteiger partial charge in [-0.1, -0.05) is 42.8 Å². The molecule has 4 nitrogen and oxygen atoms in total. The lowest BCUT2D eigenvalue weighted by Crippen LogP contribution is -2.49. The number of piperazine rings is 1. The molecule has 1 aromatic carbocycles. The maximum atomic E-state index is 6.15. The zero-order chi connectivity index (χ0) is 14.8. The first kappa shape index (κ1) is 14.5.